The smallest absolute Gasteiger partial charge is 0.180 e. The van der Waals surface area contributed by atoms with E-state index < -0.39 is 0 Å². The zero-order valence-electron chi connectivity index (χ0n) is 12.4. The van der Waals surface area contributed by atoms with Crippen LogP contribution < -0.4 is 5.73 Å². The zero-order valence-corrected chi connectivity index (χ0v) is 14.8. The minimum atomic E-state index is 0.547. The van der Waals surface area contributed by atoms with Crippen LogP contribution in [0.2, 0.25) is 5.02 Å². The minimum absolute atomic E-state index is 0.547. The van der Waals surface area contributed by atoms with Crippen molar-refractivity contribution < 1.29 is 0 Å². The largest absolute Gasteiger partial charge is 0.375 e. The molecular formula is C18H12ClN3S2. The lowest BCUT2D eigenvalue weighted by Gasteiger charge is -2.03. The van der Waals surface area contributed by atoms with Gasteiger partial charge in [0.15, 0.2) is 5.13 Å². The lowest BCUT2D eigenvalue weighted by atomic mass is 10.1. The molecule has 118 valence electrons. The maximum absolute atomic E-state index is 6.18. The third-order valence-corrected chi connectivity index (χ3v) is 5.54. The minimum Gasteiger partial charge on any atom is -0.375 e. The number of thiazole rings is 2. The monoisotopic (exact) mass is 369 g/mol. The van der Waals surface area contributed by atoms with Crippen LogP contribution in [-0.2, 0) is 0 Å². The summed E-state index contributed by atoms with van der Waals surface area (Å²) in [7, 11) is 0. The predicted molar refractivity (Wildman–Crippen MR) is 104 cm³/mol. The van der Waals surface area contributed by atoms with Gasteiger partial charge >= 0.3 is 0 Å². The second kappa shape index (κ2) is 6.36. The Bertz CT molecular complexity index is 992. The highest BCUT2D eigenvalue weighted by molar-refractivity contribution is 7.19. The number of anilines is 1. The van der Waals surface area contributed by atoms with Gasteiger partial charge in [0, 0.05) is 16.0 Å². The molecule has 2 aromatic heterocycles. The van der Waals surface area contributed by atoms with E-state index in [1.54, 1.807) is 11.3 Å². The van der Waals surface area contributed by atoms with Crippen LogP contribution in [0.15, 0.2) is 60.0 Å². The first-order valence-corrected chi connectivity index (χ1v) is 9.31. The molecule has 0 radical (unpaired) electrons. The standard InChI is InChI=1S/C18H12ClN3S2/c19-13-8-4-7-12(9-13)16-15(11-5-2-1-3-6-11)22-17(24-16)14-10-23-18(20)21-14/h1-10H,(H2,20,21). The number of nitrogens with two attached hydrogens (primary N) is 1. The van der Waals surface area contributed by atoms with Crippen LogP contribution in [0.4, 0.5) is 5.13 Å². The quantitative estimate of drug-likeness (QED) is 0.493. The van der Waals surface area contributed by atoms with Crippen LogP contribution in [0.3, 0.4) is 0 Å². The van der Waals surface area contributed by atoms with E-state index in [4.69, 9.17) is 22.3 Å². The van der Waals surface area contributed by atoms with Crippen LogP contribution in [0.1, 0.15) is 0 Å². The van der Waals surface area contributed by atoms with Gasteiger partial charge in [-0.05, 0) is 17.7 Å². The van der Waals surface area contributed by atoms with Crippen LogP contribution in [0, 0.1) is 0 Å². The van der Waals surface area contributed by atoms with E-state index in [9.17, 15) is 0 Å². The molecule has 0 saturated carbocycles. The van der Waals surface area contributed by atoms with Gasteiger partial charge in [-0.25, -0.2) is 9.97 Å². The number of hydrogen-bond acceptors (Lipinski definition) is 5. The number of aromatic nitrogens is 2. The molecular weight excluding hydrogens is 358 g/mol. The molecule has 0 unspecified atom stereocenters. The Morgan fingerprint density at radius 1 is 0.917 bits per heavy atom. The summed E-state index contributed by atoms with van der Waals surface area (Å²) in [5, 5.41) is 4.05. The molecule has 24 heavy (non-hydrogen) atoms. The van der Waals surface area contributed by atoms with E-state index in [0.29, 0.717) is 10.2 Å². The molecule has 0 spiro atoms. The summed E-state index contributed by atoms with van der Waals surface area (Å²) in [6, 6.07) is 18.0. The van der Waals surface area contributed by atoms with Crippen LogP contribution >= 0.6 is 34.3 Å². The molecule has 4 aromatic rings. The third-order valence-electron chi connectivity index (χ3n) is 3.50. The Kier molecular flexibility index (Phi) is 4.06. The Labute approximate surface area is 152 Å². The van der Waals surface area contributed by atoms with Gasteiger partial charge in [0.25, 0.3) is 0 Å². The van der Waals surface area contributed by atoms with Crippen molar-refractivity contribution in [1.82, 2.24) is 9.97 Å². The molecule has 0 aliphatic rings. The molecule has 2 N–H and O–H groups in total. The van der Waals surface area contributed by atoms with Crippen LogP contribution in [0.25, 0.3) is 32.4 Å². The SMILES string of the molecule is Nc1nc(-c2nc(-c3ccccc3)c(-c3cccc(Cl)c3)s2)cs1. The van der Waals surface area contributed by atoms with E-state index in [2.05, 4.69) is 17.1 Å². The molecule has 2 aromatic carbocycles. The highest BCUT2D eigenvalue weighted by Crippen LogP contribution is 2.41. The second-order valence-corrected chi connectivity index (χ2v) is 7.47. The summed E-state index contributed by atoms with van der Waals surface area (Å²) in [5.41, 5.74) is 9.63. The summed E-state index contributed by atoms with van der Waals surface area (Å²) >= 11 is 9.20. The van der Waals surface area contributed by atoms with Crippen LogP contribution in [0.5, 0.6) is 0 Å². The number of nitrogen functional groups attached to an aromatic ring is 1. The lowest BCUT2D eigenvalue weighted by Crippen LogP contribution is -1.84. The van der Waals surface area contributed by atoms with E-state index in [1.165, 1.54) is 11.3 Å². The molecule has 0 atom stereocenters. The van der Waals surface area contributed by atoms with E-state index in [-0.39, 0.29) is 0 Å². The number of hydrogen-bond donors (Lipinski definition) is 1. The van der Waals surface area contributed by atoms with E-state index >= 15 is 0 Å². The molecule has 3 nitrogen and oxygen atoms in total. The number of nitrogens with zero attached hydrogens (tertiary/aromatic N) is 2. The number of rotatable bonds is 3. The van der Waals surface area contributed by atoms with Gasteiger partial charge in [-0.3, -0.25) is 0 Å². The third kappa shape index (κ3) is 2.94. The van der Waals surface area contributed by atoms with Gasteiger partial charge in [0.1, 0.15) is 10.7 Å². The van der Waals surface area contributed by atoms with Gasteiger partial charge in [-0.15, -0.1) is 22.7 Å². The Hall–Kier alpha value is -2.21. The zero-order chi connectivity index (χ0) is 16.5. The van der Waals surface area contributed by atoms with Crippen LogP contribution in [-0.4, -0.2) is 9.97 Å². The van der Waals surface area contributed by atoms with Gasteiger partial charge in [-0.1, -0.05) is 54.1 Å². The Morgan fingerprint density at radius 3 is 2.42 bits per heavy atom. The highest BCUT2D eigenvalue weighted by Gasteiger charge is 2.17. The Morgan fingerprint density at radius 2 is 1.71 bits per heavy atom. The second-order valence-electron chi connectivity index (χ2n) is 5.14. The summed E-state index contributed by atoms with van der Waals surface area (Å²) in [6.07, 6.45) is 0. The van der Waals surface area contributed by atoms with Crippen molar-refractivity contribution in [3.63, 3.8) is 0 Å². The van der Waals surface area contributed by atoms with Crippen molar-refractivity contribution in [2.24, 2.45) is 0 Å². The fourth-order valence-corrected chi connectivity index (χ4v) is 4.29. The first-order chi connectivity index (χ1) is 11.7. The van der Waals surface area contributed by atoms with Gasteiger partial charge in [0.2, 0.25) is 0 Å². The first-order valence-electron chi connectivity index (χ1n) is 7.24. The summed E-state index contributed by atoms with van der Waals surface area (Å²) < 4.78 is 0. The highest BCUT2D eigenvalue weighted by atomic mass is 35.5. The van der Waals surface area contributed by atoms with E-state index in [1.807, 2.05) is 47.8 Å². The fourth-order valence-electron chi connectivity index (χ4n) is 2.43. The van der Waals surface area contributed by atoms with E-state index in [0.717, 1.165) is 32.4 Å². The van der Waals surface area contributed by atoms with Crippen molar-refractivity contribution in [3.8, 4) is 32.4 Å². The van der Waals surface area contributed by atoms with Gasteiger partial charge < -0.3 is 5.73 Å². The molecule has 0 aliphatic heterocycles. The van der Waals surface area contributed by atoms with Crippen molar-refractivity contribution in [2.45, 2.75) is 0 Å². The lowest BCUT2D eigenvalue weighted by molar-refractivity contribution is 1.34. The topological polar surface area (TPSA) is 51.8 Å². The molecule has 0 saturated heterocycles. The summed E-state index contributed by atoms with van der Waals surface area (Å²) in [6.45, 7) is 0. The molecule has 0 aliphatic carbocycles. The molecule has 2 heterocycles. The summed E-state index contributed by atoms with van der Waals surface area (Å²) in [5.74, 6) is 0. The number of halogens is 1. The maximum atomic E-state index is 6.18. The molecule has 6 heteroatoms. The summed E-state index contributed by atoms with van der Waals surface area (Å²) in [4.78, 5) is 10.3. The van der Waals surface area contributed by atoms with Crippen molar-refractivity contribution >= 4 is 39.4 Å². The van der Waals surface area contributed by atoms with Crippen molar-refractivity contribution in [3.05, 3.63) is 65.0 Å². The van der Waals surface area contributed by atoms with Crippen molar-refractivity contribution in [1.29, 1.82) is 0 Å². The number of benzene rings is 2. The average Bonchev–Trinajstić information content (AvgIpc) is 3.22. The maximum Gasteiger partial charge on any atom is 0.180 e. The molecule has 4 rings (SSSR count). The Balaban J connectivity index is 1.92. The average molecular weight is 370 g/mol. The predicted octanol–water partition coefficient (Wildman–Crippen LogP) is 5.84. The fraction of sp³-hybridized carbons (Fsp3) is 0. The molecule has 0 fully saturated rings. The van der Waals surface area contributed by atoms with Gasteiger partial charge in [0.05, 0.1) is 10.6 Å². The van der Waals surface area contributed by atoms with Gasteiger partial charge in [-0.2, -0.15) is 0 Å². The van der Waals surface area contributed by atoms with Crippen molar-refractivity contribution in [2.75, 3.05) is 5.73 Å². The molecule has 0 bridgehead atoms. The normalized spacial score (nSPS) is 10.9. The molecule has 0 amide bonds. The first kappa shape index (κ1) is 15.3.